The summed E-state index contributed by atoms with van der Waals surface area (Å²) in [6.45, 7) is 2.53. The summed E-state index contributed by atoms with van der Waals surface area (Å²) >= 11 is 0. The van der Waals surface area contributed by atoms with E-state index >= 15 is 0 Å². The minimum atomic E-state index is -1.03. The van der Waals surface area contributed by atoms with Crippen molar-refractivity contribution in [3.8, 4) is 0 Å². The van der Waals surface area contributed by atoms with Gasteiger partial charge in [-0.3, -0.25) is 9.59 Å². The van der Waals surface area contributed by atoms with Gasteiger partial charge in [0, 0.05) is 33.0 Å². The van der Waals surface area contributed by atoms with Gasteiger partial charge in [-0.1, -0.05) is 54.6 Å². The number of nitrogens with zero attached hydrogens (tertiary/aromatic N) is 2. The van der Waals surface area contributed by atoms with E-state index in [0.717, 1.165) is 11.1 Å². The number of benzene rings is 2. The molecule has 6 nitrogen and oxygen atoms in total. The number of rotatable bonds is 6. The Labute approximate surface area is 164 Å². The summed E-state index contributed by atoms with van der Waals surface area (Å²) < 4.78 is 0. The summed E-state index contributed by atoms with van der Waals surface area (Å²) in [4.78, 5) is 39.7. The zero-order valence-corrected chi connectivity index (χ0v) is 15.9. The molecule has 1 aliphatic heterocycles. The summed E-state index contributed by atoms with van der Waals surface area (Å²) in [5.41, 5.74) is 2.62. The fourth-order valence-corrected chi connectivity index (χ4v) is 3.63. The molecule has 146 valence electrons. The van der Waals surface area contributed by atoms with Crippen LogP contribution in [0, 0.1) is 0 Å². The van der Waals surface area contributed by atoms with Crippen LogP contribution >= 0.6 is 0 Å². The molecule has 1 heterocycles. The summed E-state index contributed by atoms with van der Waals surface area (Å²) in [5.74, 6) is -1.40. The van der Waals surface area contributed by atoms with Crippen LogP contribution in [0.15, 0.2) is 54.6 Å². The largest absolute Gasteiger partial charge is 0.479 e. The zero-order valence-electron chi connectivity index (χ0n) is 15.9. The van der Waals surface area contributed by atoms with E-state index in [1.165, 1.54) is 11.8 Å². The molecule has 1 aliphatic rings. The molecule has 0 spiro atoms. The molecule has 28 heavy (non-hydrogen) atoms. The minimum Gasteiger partial charge on any atom is -0.479 e. The molecule has 1 N–H and O–H groups in total. The van der Waals surface area contributed by atoms with E-state index in [-0.39, 0.29) is 24.8 Å². The monoisotopic (exact) mass is 380 g/mol. The molecule has 1 unspecified atom stereocenters. The van der Waals surface area contributed by atoms with Crippen LogP contribution in [0.25, 0.3) is 0 Å². The third kappa shape index (κ3) is 4.39. The van der Waals surface area contributed by atoms with Gasteiger partial charge < -0.3 is 14.9 Å². The highest BCUT2D eigenvalue weighted by atomic mass is 16.4. The van der Waals surface area contributed by atoms with E-state index in [0.29, 0.717) is 25.1 Å². The Morgan fingerprint density at radius 1 is 1.07 bits per heavy atom. The molecule has 0 bridgehead atoms. The Morgan fingerprint density at radius 2 is 1.75 bits per heavy atom. The number of aliphatic carboxylic acids is 1. The van der Waals surface area contributed by atoms with Crippen molar-refractivity contribution in [3.63, 3.8) is 0 Å². The molecule has 0 saturated heterocycles. The number of carbonyl (C=O) groups is 3. The van der Waals surface area contributed by atoms with Gasteiger partial charge in [0.15, 0.2) is 6.04 Å². The number of carbonyl (C=O) groups excluding carboxylic acids is 2. The Kier molecular flexibility index (Phi) is 6.09. The van der Waals surface area contributed by atoms with Crippen molar-refractivity contribution in [2.45, 2.75) is 32.4 Å². The second-order valence-electron chi connectivity index (χ2n) is 6.95. The average Bonchev–Trinajstić information content (AvgIpc) is 2.70. The summed E-state index contributed by atoms with van der Waals surface area (Å²) in [6, 6.07) is 15.9. The van der Waals surface area contributed by atoms with E-state index in [2.05, 4.69) is 0 Å². The Balaban J connectivity index is 1.69. The molecule has 0 radical (unpaired) electrons. The molecular weight excluding hydrogens is 356 g/mol. The number of hydrogen-bond donors (Lipinski definition) is 1. The maximum absolute atomic E-state index is 12.8. The molecular formula is C22H24N2O4. The number of carboxylic acids is 1. The lowest BCUT2D eigenvalue weighted by Gasteiger charge is -2.35. The lowest BCUT2D eigenvalue weighted by Crippen LogP contribution is -2.44. The van der Waals surface area contributed by atoms with Gasteiger partial charge in [-0.25, -0.2) is 4.79 Å². The van der Waals surface area contributed by atoms with Gasteiger partial charge in [-0.15, -0.1) is 0 Å². The van der Waals surface area contributed by atoms with Gasteiger partial charge in [-0.05, 0) is 23.1 Å². The van der Waals surface area contributed by atoms with Crippen LogP contribution in [0.5, 0.6) is 0 Å². The van der Waals surface area contributed by atoms with Gasteiger partial charge in [0.25, 0.3) is 0 Å². The molecule has 1 atom stereocenters. The molecule has 0 aliphatic carbocycles. The van der Waals surface area contributed by atoms with Crippen molar-refractivity contribution in [1.29, 1.82) is 0 Å². The molecule has 2 aromatic carbocycles. The smallest absolute Gasteiger partial charge is 0.331 e. The van der Waals surface area contributed by atoms with Gasteiger partial charge >= 0.3 is 5.97 Å². The van der Waals surface area contributed by atoms with Crippen LogP contribution in [-0.2, 0) is 27.3 Å². The standard InChI is InChI=1S/C22H24N2O4/c1-16(25)23(15-17-7-3-2-4-8-17)13-12-20(26)24-14-11-18-9-5-6-10-19(18)21(24)22(27)28/h2-10,21H,11-15H2,1H3,(H,27,28). The number of hydrogen-bond acceptors (Lipinski definition) is 3. The number of carboxylic acid groups (broad SMARTS) is 1. The summed E-state index contributed by atoms with van der Waals surface area (Å²) in [5, 5.41) is 9.71. The first-order chi connectivity index (χ1) is 13.5. The van der Waals surface area contributed by atoms with Crippen LogP contribution in [0.4, 0.5) is 0 Å². The van der Waals surface area contributed by atoms with Crippen molar-refractivity contribution in [1.82, 2.24) is 9.80 Å². The van der Waals surface area contributed by atoms with E-state index in [1.54, 1.807) is 17.0 Å². The van der Waals surface area contributed by atoms with Crippen LogP contribution in [0.3, 0.4) is 0 Å². The molecule has 6 heteroatoms. The predicted molar refractivity (Wildman–Crippen MR) is 104 cm³/mol. The van der Waals surface area contributed by atoms with Crippen LogP contribution in [0.2, 0.25) is 0 Å². The molecule has 0 fully saturated rings. The molecule has 0 saturated carbocycles. The summed E-state index contributed by atoms with van der Waals surface area (Å²) in [6.07, 6.45) is 0.727. The average molecular weight is 380 g/mol. The lowest BCUT2D eigenvalue weighted by atomic mass is 9.92. The topological polar surface area (TPSA) is 77.9 Å². The first-order valence-electron chi connectivity index (χ1n) is 9.37. The molecule has 2 amide bonds. The van der Waals surface area contributed by atoms with Crippen LogP contribution in [0.1, 0.15) is 36.1 Å². The maximum Gasteiger partial charge on any atom is 0.331 e. The Hall–Kier alpha value is -3.15. The Morgan fingerprint density at radius 3 is 2.43 bits per heavy atom. The van der Waals surface area contributed by atoms with E-state index in [9.17, 15) is 19.5 Å². The molecule has 3 rings (SSSR count). The lowest BCUT2D eigenvalue weighted by molar-refractivity contribution is -0.151. The predicted octanol–water partition coefficient (Wildman–Crippen LogP) is 2.64. The van der Waals surface area contributed by atoms with Crippen LogP contribution in [-0.4, -0.2) is 45.8 Å². The second kappa shape index (κ2) is 8.69. The van der Waals surface area contributed by atoms with Gasteiger partial charge in [0.1, 0.15) is 0 Å². The van der Waals surface area contributed by atoms with E-state index < -0.39 is 12.0 Å². The van der Waals surface area contributed by atoms with Crippen molar-refractivity contribution in [2.24, 2.45) is 0 Å². The number of fused-ring (bicyclic) bond motifs is 1. The third-order valence-corrected chi connectivity index (χ3v) is 5.09. The van der Waals surface area contributed by atoms with E-state index in [4.69, 9.17) is 0 Å². The summed E-state index contributed by atoms with van der Waals surface area (Å²) in [7, 11) is 0. The van der Waals surface area contributed by atoms with Crippen LogP contribution < -0.4 is 0 Å². The van der Waals surface area contributed by atoms with Crippen molar-refractivity contribution in [3.05, 3.63) is 71.3 Å². The zero-order chi connectivity index (χ0) is 20.1. The highest BCUT2D eigenvalue weighted by molar-refractivity contribution is 5.86. The molecule has 0 aromatic heterocycles. The van der Waals surface area contributed by atoms with Gasteiger partial charge in [-0.2, -0.15) is 0 Å². The van der Waals surface area contributed by atoms with Gasteiger partial charge in [0.05, 0.1) is 0 Å². The van der Waals surface area contributed by atoms with Crippen molar-refractivity contribution in [2.75, 3.05) is 13.1 Å². The highest BCUT2D eigenvalue weighted by Crippen LogP contribution is 2.30. The fraction of sp³-hybridized carbons (Fsp3) is 0.318. The SMILES string of the molecule is CC(=O)N(CCC(=O)N1CCc2ccccc2C1C(=O)O)Cc1ccccc1. The minimum absolute atomic E-state index is 0.0956. The maximum atomic E-state index is 12.8. The second-order valence-corrected chi connectivity index (χ2v) is 6.95. The number of amides is 2. The third-order valence-electron chi connectivity index (χ3n) is 5.09. The fourth-order valence-electron chi connectivity index (χ4n) is 3.63. The van der Waals surface area contributed by atoms with E-state index in [1.807, 2.05) is 42.5 Å². The first-order valence-corrected chi connectivity index (χ1v) is 9.37. The van der Waals surface area contributed by atoms with Gasteiger partial charge in [0.2, 0.25) is 11.8 Å². The first kappa shape index (κ1) is 19.6. The normalized spacial score (nSPS) is 15.6. The molecule has 2 aromatic rings. The van der Waals surface area contributed by atoms with Crippen molar-refractivity contribution < 1.29 is 19.5 Å². The quantitative estimate of drug-likeness (QED) is 0.836. The highest BCUT2D eigenvalue weighted by Gasteiger charge is 2.35. The Bertz CT molecular complexity index is 866. The van der Waals surface area contributed by atoms with Crippen molar-refractivity contribution >= 4 is 17.8 Å².